The van der Waals surface area contributed by atoms with E-state index in [1.54, 1.807) is 7.11 Å². The van der Waals surface area contributed by atoms with Crippen molar-refractivity contribution >= 4 is 15.9 Å². The number of unbranched alkanes of at least 4 members (excludes halogenated alkanes) is 2. The summed E-state index contributed by atoms with van der Waals surface area (Å²) in [5.74, 6) is 1.72. The first kappa shape index (κ1) is 14.7. The fourth-order valence-corrected chi connectivity index (χ4v) is 2.38. The summed E-state index contributed by atoms with van der Waals surface area (Å²) >= 11 is 3.49. The zero-order valence-electron chi connectivity index (χ0n) is 11.5. The molecule has 1 saturated carbocycles. The number of hydrogen-bond donors (Lipinski definition) is 1. The number of benzene rings is 1. The van der Waals surface area contributed by atoms with Crippen LogP contribution in [0.4, 0.5) is 0 Å². The summed E-state index contributed by atoms with van der Waals surface area (Å²) in [7, 11) is 1.66. The topological polar surface area (TPSA) is 30.5 Å². The highest BCUT2D eigenvalue weighted by atomic mass is 79.9. The Morgan fingerprint density at radius 1 is 1.26 bits per heavy atom. The van der Waals surface area contributed by atoms with Gasteiger partial charge in [-0.15, -0.1) is 0 Å². The first-order valence-corrected chi connectivity index (χ1v) is 7.78. The molecule has 1 aromatic carbocycles. The average Bonchev–Trinajstić information content (AvgIpc) is 3.23. The highest BCUT2D eigenvalue weighted by Gasteiger charge is 2.19. The minimum atomic E-state index is 0.772. The lowest BCUT2D eigenvalue weighted by Crippen LogP contribution is -2.17. The third-order valence-electron chi connectivity index (χ3n) is 3.23. The Kier molecular flexibility index (Phi) is 5.98. The van der Waals surface area contributed by atoms with E-state index in [0.717, 1.165) is 41.6 Å². The Labute approximate surface area is 123 Å². The Hall–Kier alpha value is -0.740. The van der Waals surface area contributed by atoms with Crippen molar-refractivity contribution in [3.8, 4) is 11.5 Å². The molecular formula is C15H22BrNO2. The quantitative estimate of drug-likeness (QED) is 0.700. The van der Waals surface area contributed by atoms with Crippen molar-refractivity contribution in [1.82, 2.24) is 5.32 Å². The molecule has 106 valence electrons. The zero-order valence-corrected chi connectivity index (χ0v) is 13.0. The summed E-state index contributed by atoms with van der Waals surface area (Å²) < 4.78 is 11.9. The van der Waals surface area contributed by atoms with Gasteiger partial charge in [0.2, 0.25) is 0 Å². The molecular weight excluding hydrogens is 306 g/mol. The second-order valence-corrected chi connectivity index (χ2v) is 5.79. The number of methoxy groups -OCH3 is 1. The van der Waals surface area contributed by atoms with Crippen LogP contribution in [0.5, 0.6) is 11.5 Å². The lowest BCUT2D eigenvalue weighted by atomic mass is 10.2. The van der Waals surface area contributed by atoms with Gasteiger partial charge in [0.25, 0.3) is 0 Å². The van der Waals surface area contributed by atoms with Gasteiger partial charge in [-0.3, -0.25) is 0 Å². The molecule has 3 nitrogen and oxygen atoms in total. The number of rotatable bonds is 9. The van der Waals surface area contributed by atoms with E-state index in [4.69, 9.17) is 9.47 Å². The predicted octanol–water partition coefficient (Wildman–Crippen LogP) is 3.76. The summed E-state index contributed by atoms with van der Waals surface area (Å²) in [6, 6.07) is 6.61. The Morgan fingerprint density at radius 2 is 2.11 bits per heavy atom. The summed E-state index contributed by atoms with van der Waals surface area (Å²) in [6.45, 7) is 1.92. The van der Waals surface area contributed by atoms with Gasteiger partial charge < -0.3 is 14.8 Å². The molecule has 0 aromatic heterocycles. The molecule has 0 saturated heterocycles. The molecule has 4 heteroatoms. The lowest BCUT2D eigenvalue weighted by molar-refractivity contribution is 0.302. The normalized spacial score (nSPS) is 14.4. The standard InChI is InChI=1S/C15H22BrNO2/c1-18-13-7-8-15(14(16)11-13)19-10-4-2-3-9-17-12-5-6-12/h7-8,11-12,17H,2-6,9-10H2,1H3. The van der Waals surface area contributed by atoms with E-state index in [-0.39, 0.29) is 0 Å². The summed E-state index contributed by atoms with van der Waals surface area (Å²) in [5, 5.41) is 3.52. The molecule has 0 spiro atoms. The zero-order chi connectivity index (χ0) is 13.5. The monoisotopic (exact) mass is 327 g/mol. The van der Waals surface area contributed by atoms with Crippen LogP contribution in [0.15, 0.2) is 22.7 Å². The van der Waals surface area contributed by atoms with Crippen LogP contribution in [-0.2, 0) is 0 Å². The van der Waals surface area contributed by atoms with Crippen LogP contribution in [0.2, 0.25) is 0 Å². The Bertz CT molecular complexity index is 394. The summed E-state index contributed by atoms with van der Waals surface area (Å²) in [5.41, 5.74) is 0. The van der Waals surface area contributed by atoms with Crippen molar-refractivity contribution in [3.05, 3.63) is 22.7 Å². The van der Waals surface area contributed by atoms with Gasteiger partial charge >= 0.3 is 0 Å². The maximum Gasteiger partial charge on any atom is 0.133 e. The van der Waals surface area contributed by atoms with Crippen LogP contribution < -0.4 is 14.8 Å². The molecule has 0 radical (unpaired) electrons. The fourth-order valence-electron chi connectivity index (χ4n) is 1.91. The van der Waals surface area contributed by atoms with E-state index in [9.17, 15) is 0 Å². The number of halogens is 1. The van der Waals surface area contributed by atoms with E-state index in [2.05, 4.69) is 21.2 Å². The van der Waals surface area contributed by atoms with Crippen LogP contribution in [-0.4, -0.2) is 26.3 Å². The van der Waals surface area contributed by atoms with Gasteiger partial charge in [0, 0.05) is 6.04 Å². The molecule has 0 aliphatic heterocycles. The van der Waals surface area contributed by atoms with E-state index >= 15 is 0 Å². The smallest absolute Gasteiger partial charge is 0.133 e. The van der Waals surface area contributed by atoms with Crippen LogP contribution >= 0.6 is 15.9 Å². The minimum absolute atomic E-state index is 0.772. The highest BCUT2D eigenvalue weighted by Crippen LogP contribution is 2.29. The van der Waals surface area contributed by atoms with Crippen LogP contribution in [0.25, 0.3) is 0 Å². The molecule has 0 atom stereocenters. The van der Waals surface area contributed by atoms with Crippen molar-refractivity contribution < 1.29 is 9.47 Å². The predicted molar refractivity (Wildman–Crippen MR) is 81.1 cm³/mol. The molecule has 1 aliphatic rings. The third-order valence-corrected chi connectivity index (χ3v) is 3.85. The largest absolute Gasteiger partial charge is 0.497 e. The van der Waals surface area contributed by atoms with E-state index in [0.29, 0.717) is 0 Å². The number of nitrogens with one attached hydrogen (secondary N) is 1. The molecule has 1 aliphatic carbocycles. The van der Waals surface area contributed by atoms with Gasteiger partial charge in [-0.25, -0.2) is 0 Å². The van der Waals surface area contributed by atoms with Crippen molar-refractivity contribution in [1.29, 1.82) is 0 Å². The highest BCUT2D eigenvalue weighted by molar-refractivity contribution is 9.10. The minimum Gasteiger partial charge on any atom is -0.497 e. The number of hydrogen-bond acceptors (Lipinski definition) is 3. The second kappa shape index (κ2) is 7.75. The first-order valence-electron chi connectivity index (χ1n) is 6.99. The second-order valence-electron chi connectivity index (χ2n) is 4.93. The van der Waals surface area contributed by atoms with Crippen LogP contribution in [0.1, 0.15) is 32.1 Å². The van der Waals surface area contributed by atoms with Crippen LogP contribution in [0, 0.1) is 0 Å². The summed E-state index contributed by atoms with van der Waals surface area (Å²) in [4.78, 5) is 0. The average molecular weight is 328 g/mol. The van der Waals surface area contributed by atoms with Crippen molar-refractivity contribution in [2.24, 2.45) is 0 Å². The Balaban J connectivity index is 1.56. The molecule has 1 N–H and O–H groups in total. The molecule has 0 amide bonds. The Morgan fingerprint density at radius 3 is 2.79 bits per heavy atom. The molecule has 2 rings (SSSR count). The van der Waals surface area contributed by atoms with Gasteiger partial charge in [-0.1, -0.05) is 0 Å². The fraction of sp³-hybridized carbons (Fsp3) is 0.600. The first-order chi connectivity index (χ1) is 9.29. The molecule has 0 bridgehead atoms. The summed E-state index contributed by atoms with van der Waals surface area (Å²) in [6.07, 6.45) is 6.30. The van der Waals surface area contributed by atoms with Gasteiger partial charge in [0.05, 0.1) is 18.2 Å². The molecule has 19 heavy (non-hydrogen) atoms. The van der Waals surface area contributed by atoms with Gasteiger partial charge in [-0.05, 0) is 72.8 Å². The van der Waals surface area contributed by atoms with Crippen molar-refractivity contribution in [2.45, 2.75) is 38.1 Å². The maximum absolute atomic E-state index is 5.75. The van der Waals surface area contributed by atoms with Crippen molar-refractivity contribution in [3.63, 3.8) is 0 Å². The van der Waals surface area contributed by atoms with Gasteiger partial charge in [-0.2, -0.15) is 0 Å². The number of ether oxygens (including phenoxy) is 2. The van der Waals surface area contributed by atoms with Gasteiger partial charge in [0.15, 0.2) is 0 Å². The molecule has 0 heterocycles. The molecule has 1 fully saturated rings. The van der Waals surface area contributed by atoms with E-state index < -0.39 is 0 Å². The van der Waals surface area contributed by atoms with E-state index in [1.165, 1.54) is 25.7 Å². The van der Waals surface area contributed by atoms with Crippen molar-refractivity contribution in [2.75, 3.05) is 20.3 Å². The van der Waals surface area contributed by atoms with Crippen LogP contribution in [0.3, 0.4) is 0 Å². The van der Waals surface area contributed by atoms with Gasteiger partial charge in [0.1, 0.15) is 11.5 Å². The molecule has 1 aromatic rings. The third kappa shape index (κ3) is 5.41. The molecule has 0 unspecified atom stereocenters. The SMILES string of the molecule is COc1ccc(OCCCCCNC2CC2)c(Br)c1. The lowest BCUT2D eigenvalue weighted by Gasteiger charge is -2.09. The van der Waals surface area contributed by atoms with E-state index in [1.807, 2.05) is 18.2 Å². The maximum atomic E-state index is 5.75.